The van der Waals surface area contributed by atoms with Crippen LogP contribution in [0, 0.1) is 17.2 Å². The number of likely N-dealkylation sites (tertiary alicyclic amines) is 1. The topological polar surface area (TPSA) is 53.0 Å². The highest BCUT2D eigenvalue weighted by atomic mass is 15.1. The molecule has 1 saturated heterocycles. The lowest BCUT2D eigenvalue weighted by molar-refractivity contribution is 0.171. The van der Waals surface area contributed by atoms with Crippen LogP contribution in [0.5, 0.6) is 0 Å². The Morgan fingerprint density at radius 3 is 2.76 bits per heavy atom. The fourth-order valence-electron chi connectivity index (χ4n) is 2.43. The van der Waals surface area contributed by atoms with E-state index >= 15 is 0 Å². The summed E-state index contributed by atoms with van der Waals surface area (Å²) in [5.74, 6) is 0.655. The SMILES string of the molecule is N#Cc1ccc(CN2CCC[C@@H](CN)C2)cc1. The van der Waals surface area contributed by atoms with Crippen LogP contribution in [-0.4, -0.2) is 24.5 Å². The van der Waals surface area contributed by atoms with Crippen molar-refractivity contribution in [1.29, 1.82) is 5.26 Å². The van der Waals surface area contributed by atoms with Crippen molar-refractivity contribution in [1.82, 2.24) is 4.90 Å². The molecule has 0 radical (unpaired) electrons. The van der Waals surface area contributed by atoms with Crippen LogP contribution >= 0.6 is 0 Å². The van der Waals surface area contributed by atoms with Crippen molar-refractivity contribution in [2.75, 3.05) is 19.6 Å². The molecule has 0 spiro atoms. The molecule has 17 heavy (non-hydrogen) atoms. The summed E-state index contributed by atoms with van der Waals surface area (Å²) in [6.45, 7) is 4.04. The lowest BCUT2D eigenvalue weighted by Gasteiger charge is -2.32. The van der Waals surface area contributed by atoms with Gasteiger partial charge in [-0.3, -0.25) is 4.90 Å². The third-order valence-electron chi connectivity index (χ3n) is 3.43. The van der Waals surface area contributed by atoms with E-state index in [4.69, 9.17) is 11.0 Å². The molecular weight excluding hydrogens is 210 g/mol. The normalized spacial score (nSPS) is 21.1. The Morgan fingerprint density at radius 1 is 1.35 bits per heavy atom. The van der Waals surface area contributed by atoms with Crippen LogP contribution in [0.3, 0.4) is 0 Å². The van der Waals surface area contributed by atoms with E-state index in [0.29, 0.717) is 5.92 Å². The number of hydrogen-bond acceptors (Lipinski definition) is 3. The largest absolute Gasteiger partial charge is 0.330 e. The molecule has 0 amide bonds. The number of piperidine rings is 1. The van der Waals surface area contributed by atoms with E-state index in [1.807, 2.05) is 24.3 Å². The maximum absolute atomic E-state index is 8.74. The molecule has 0 saturated carbocycles. The Labute approximate surface area is 103 Å². The molecule has 2 N–H and O–H groups in total. The quantitative estimate of drug-likeness (QED) is 0.858. The Kier molecular flexibility index (Phi) is 4.13. The number of rotatable bonds is 3. The fraction of sp³-hybridized carbons (Fsp3) is 0.500. The molecule has 2 rings (SSSR count). The average molecular weight is 229 g/mol. The van der Waals surface area contributed by atoms with Crippen molar-refractivity contribution in [3.8, 4) is 6.07 Å². The van der Waals surface area contributed by atoms with Gasteiger partial charge in [-0.25, -0.2) is 0 Å². The van der Waals surface area contributed by atoms with Crippen LogP contribution in [-0.2, 0) is 6.54 Å². The van der Waals surface area contributed by atoms with E-state index in [1.165, 1.54) is 18.4 Å². The van der Waals surface area contributed by atoms with Gasteiger partial charge < -0.3 is 5.73 Å². The van der Waals surface area contributed by atoms with Gasteiger partial charge in [0.05, 0.1) is 11.6 Å². The maximum Gasteiger partial charge on any atom is 0.0991 e. The maximum atomic E-state index is 8.74. The van der Waals surface area contributed by atoms with Crippen molar-refractivity contribution in [3.63, 3.8) is 0 Å². The van der Waals surface area contributed by atoms with Crippen molar-refractivity contribution >= 4 is 0 Å². The number of benzene rings is 1. The van der Waals surface area contributed by atoms with Gasteiger partial charge in [-0.15, -0.1) is 0 Å². The molecule has 3 nitrogen and oxygen atoms in total. The van der Waals surface area contributed by atoms with Gasteiger partial charge in [0.2, 0.25) is 0 Å². The van der Waals surface area contributed by atoms with Gasteiger partial charge in [-0.2, -0.15) is 5.26 Å². The van der Waals surface area contributed by atoms with Gasteiger partial charge >= 0.3 is 0 Å². The van der Waals surface area contributed by atoms with E-state index in [9.17, 15) is 0 Å². The first kappa shape index (κ1) is 12.1. The predicted octanol–water partition coefficient (Wildman–Crippen LogP) is 1.73. The highest BCUT2D eigenvalue weighted by molar-refractivity contribution is 5.31. The summed E-state index contributed by atoms with van der Waals surface area (Å²) in [5.41, 5.74) is 7.74. The lowest BCUT2D eigenvalue weighted by atomic mass is 9.98. The van der Waals surface area contributed by atoms with Crippen LogP contribution in [0.2, 0.25) is 0 Å². The molecule has 1 aliphatic heterocycles. The number of nitrogens with zero attached hydrogens (tertiary/aromatic N) is 2. The van der Waals surface area contributed by atoms with E-state index in [1.54, 1.807) is 0 Å². The summed E-state index contributed by atoms with van der Waals surface area (Å²) in [6, 6.07) is 10.0. The van der Waals surface area contributed by atoms with Crippen molar-refractivity contribution in [2.45, 2.75) is 19.4 Å². The highest BCUT2D eigenvalue weighted by Crippen LogP contribution is 2.17. The van der Waals surface area contributed by atoms with Gasteiger partial charge in [-0.05, 0) is 49.5 Å². The molecule has 3 heteroatoms. The van der Waals surface area contributed by atoms with Crippen LogP contribution in [0.1, 0.15) is 24.0 Å². The summed E-state index contributed by atoms with van der Waals surface area (Å²) < 4.78 is 0. The molecule has 0 bridgehead atoms. The van der Waals surface area contributed by atoms with Crippen LogP contribution in [0.4, 0.5) is 0 Å². The minimum atomic E-state index is 0.655. The molecular formula is C14H19N3. The van der Waals surface area contributed by atoms with Gasteiger partial charge in [-0.1, -0.05) is 12.1 Å². The Hall–Kier alpha value is -1.37. The molecule has 1 fully saturated rings. The van der Waals surface area contributed by atoms with Gasteiger partial charge in [0, 0.05) is 13.1 Å². The molecule has 1 heterocycles. The lowest BCUT2D eigenvalue weighted by Crippen LogP contribution is -2.37. The van der Waals surface area contributed by atoms with E-state index < -0.39 is 0 Å². The zero-order valence-electron chi connectivity index (χ0n) is 10.1. The molecule has 0 aromatic heterocycles. The van der Waals surface area contributed by atoms with E-state index in [0.717, 1.165) is 31.7 Å². The molecule has 0 unspecified atom stereocenters. The van der Waals surface area contributed by atoms with Crippen molar-refractivity contribution in [2.24, 2.45) is 11.7 Å². The second-order valence-corrected chi connectivity index (χ2v) is 4.79. The summed E-state index contributed by atoms with van der Waals surface area (Å²) in [7, 11) is 0. The molecule has 1 aliphatic rings. The standard InChI is InChI=1S/C14H19N3/c15-8-12-3-5-13(6-4-12)10-17-7-1-2-14(9-16)11-17/h3-6,14H,1-2,7,9-11,16H2/t14-/m0/s1. The molecule has 1 aromatic carbocycles. The van der Waals surface area contributed by atoms with E-state index in [2.05, 4.69) is 11.0 Å². The Bertz CT molecular complexity index is 391. The second kappa shape index (κ2) is 5.81. The highest BCUT2D eigenvalue weighted by Gasteiger charge is 2.18. The Morgan fingerprint density at radius 2 is 2.12 bits per heavy atom. The first-order valence-electron chi connectivity index (χ1n) is 6.23. The Balaban J connectivity index is 1.93. The van der Waals surface area contributed by atoms with E-state index in [-0.39, 0.29) is 0 Å². The monoisotopic (exact) mass is 229 g/mol. The smallest absolute Gasteiger partial charge is 0.0991 e. The summed E-state index contributed by atoms with van der Waals surface area (Å²) in [5, 5.41) is 8.74. The predicted molar refractivity (Wildman–Crippen MR) is 68.2 cm³/mol. The van der Waals surface area contributed by atoms with Gasteiger partial charge in [0.1, 0.15) is 0 Å². The third-order valence-corrected chi connectivity index (χ3v) is 3.43. The van der Waals surface area contributed by atoms with Crippen molar-refractivity contribution in [3.05, 3.63) is 35.4 Å². The second-order valence-electron chi connectivity index (χ2n) is 4.79. The molecule has 90 valence electrons. The summed E-state index contributed by atoms with van der Waals surface area (Å²) in [4.78, 5) is 2.46. The summed E-state index contributed by atoms with van der Waals surface area (Å²) >= 11 is 0. The van der Waals surface area contributed by atoms with Crippen LogP contribution in [0.25, 0.3) is 0 Å². The number of hydrogen-bond donors (Lipinski definition) is 1. The van der Waals surface area contributed by atoms with Crippen LogP contribution < -0.4 is 5.73 Å². The summed E-state index contributed by atoms with van der Waals surface area (Å²) in [6.07, 6.45) is 2.51. The van der Waals surface area contributed by atoms with Gasteiger partial charge in [0.25, 0.3) is 0 Å². The zero-order chi connectivity index (χ0) is 12.1. The average Bonchev–Trinajstić information content (AvgIpc) is 2.40. The fourth-order valence-corrected chi connectivity index (χ4v) is 2.43. The number of nitriles is 1. The minimum Gasteiger partial charge on any atom is -0.330 e. The third kappa shape index (κ3) is 3.29. The first-order valence-corrected chi connectivity index (χ1v) is 6.23. The molecule has 0 aliphatic carbocycles. The zero-order valence-corrected chi connectivity index (χ0v) is 10.1. The number of nitrogens with two attached hydrogens (primary N) is 1. The van der Waals surface area contributed by atoms with Crippen LogP contribution in [0.15, 0.2) is 24.3 Å². The molecule has 1 aromatic rings. The van der Waals surface area contributed by atoms with Crippen molar-refractivity contribution < 1.29 is 0 Å². The minimum absolute atomic E-state index is 0.655. The van der Waals surface area contributed by atoms with Gasteiger partial charge in [0.15, 0.2) is 0 Å². The molecule has 1 atom stereocenters. The first-order chi connectivity index (χ1) is 8.31.